The van der Waals surface area contributed by atoms with Crippen LogP contribution in [0.1, 0.15) is 94.9 Å². The molecule has 2 saturated heterocycles. The van der Waals surface area contributed by atoms with Crippen LogP contribution in [0.2, 0.25) is 0 Å². The molecule has 0 aliphatic carbocycles. The van der Waals surface area contributed by atoms with E-state index in [9.17, 15) is 29.1 Å². The molecule has 0 bridgehead atoms. The normalized spacial score (nSPS) is 20.8. The number of pyridine rings is 4. The third kappa shape index (κ3) is 13.2. The number of hydrogen-bond acceptors (Lipinski definition) is 16. The van der Waals surface area contributed by atoms with Crippen molar-refractivity contribution in [1.29, 1.82) is 0 Å². The molecule has 0 saturated carbocycles. The topological polar surface area (TPSA) is 230 Å². The van der Waals surface area contributed by atoms with Gasteiger partial charge in [0.2, 0.25) is 5.78 Å². The number of ketones is 5. The fraction of sp³-hybridized carbons (Fsp3) is 0.389. The van der Waals surface area contributed by atoms with Crippen LogP contribution in [-0.4, -0.2) is 129 Å². The van der Waals surface area contributed by atoms with Gasteiger partial charge in [-0.25, -0.2) is 19.9 Å². The molecule has 0 radical (unpaired) electrons. The fourth-order valence-corrected chi connectivity index (χ4v) is 10.8. The molecule has 0 aromatic carbocycles. The first kappa shape index (κ1) is 57.4. The van der Waals surface area contributed by atoms with Crippen molar-refractivity contribution in [2.45, 2.75) is 82.8 Å². The number of Topliss-reactive ketones (excluding diaryl/α,β-unsaturated/α-hetero) is 5. The summed E-state index contributed by atoms with van der Waals surface area (Å²) in [5.41, 5.74) is 11.7. The summed E-state index contributed by atoms with van der Waals surface area (Å²) in [6, 6.07) is 15.8. The monoisotopic (exact) mass is 1320 g/mol. The summed E-state index contributed by atoms with van der Waals surface area (Å²) in [4.78, 5) is 70.9. The molecule has 3 unspecified atom stereocenters. The Balaban J connectivity index is 0.000000116. The van der Waals surface area contributed by atoms with E-state index in [0.717, 1.165) is 77.7 Å². The molecule has 1 N–H and O–H groups in total. The van der Waals surface area contributed by atoms with Gasteiger partial charge >= 0.3 is 0 Å². The Morgan fingerprint density at radius 2 is 0.962 bits per heavy atom. The van der Waals surface area contributed by atoms with Gasteiger partial charge in [-0.05, 0) is 110 Å². The van der Waals surface area contributed by atoms with Crippen LogP contribution in [0.15, 0.2) is 86.7 Å². The van der Waals surface area contributed by atoms with Crippen molar-refractivity contribution in [3.63, 3.8) is 0 Å². The number of halogens is 4. The van der Waals surface area contributed by atoms with Crippen molar-refractivity contribution in [2.24, 2.45) is 0 Å². The Labute approximate surface area is 480 Å². The average molecular weight is 1330 g/mol. The predicted molar refractivity (Wildman–Crippen MR) is 297 cm³/mol. The van der Waals surface area contributed by atoms with Gasteiger partial charge in [-0.1, -0.05) is 35.8 Å². The zero-order chi connectivity index (χ0) is 55.4. The van der Waals surface area contributed by atoms with E-state index in [0.29, 0.717) is 50.6 Å². The van der Waals surface area contributed by atoms with Crippen molar-refractivity contribution in [3.05, 3.63) is 138 Å². The maximum absolute atomic E-state index is 11.7. The van der Waals surface area contributed by atoms with Gasteiger partial charge in [0.25, 0.3) is 0 Å². The third-order valence-electron chi connectivity index (χ3n) is 12.9. The van der Waals surface area contributed by atoms with Crippen LogP contribution in [0.25, 0.3) is 22.6 Å². The maximum atomic E-state index is 11.7. The summed E-state index contributed by atoms with van der Waals surface area (Å²) < 4.78 is 41.7. The lowest BCUT2D eigenvalue weighted by molar-refractivity contribution is -0.139. The van der Waals surface area contributed by atoms with Gasteiger partial charge in [0.15, 0.2) is 23.1 Å². The van der Waals surface area contributed by atoms with Gasteiger partial charge < -0.3 is 42.3 Å². The zero-order valence-electron chi connectivity index (χ0n) is 42.9. The number of hydrogen-bond donors (Lipinski definition) is 1. The summed E-state index contributed by atoms with van der Waals surface area (Å²) in [6.07, 6.45) is 8.07. The van der Waals surface area contributed by atoms with E-state index in [1.807, 2.05) is 57.6 Å². The smallest absolute Gasteiger partial charge is 0.207 e. The molecule has 20 nitrogen and oxygen atoms in total. The van der Waals surface area contributed by atoms with Gasteiger partial charge in [-0.15, -0.1) is 0 Å². The lowest BCUT2D eigenvalue weighted by Crippen LogP contribution is -2.36. The highest BCUT2D eigenvalue weighted by molar-refractivity contribution is 9.11. The SMILES string of the molecule is CC1(O)COCc2nc3ccc(Br)cn3c21.CC1COCc2nc3ccc(Br)cn3c21.Cc1ccc2nc3c(n2c1)C(C)COC3.O=C1COCC(=O)C1.O=C1COCC(=O)C1Br.O=C1COCc2nc3ccc(Br)cn3c21. The highest BCUT2D eigenvalue weighted by Gasteiger charge is 2.35. The van der Waals surface area contributed by atoms with Crippen molar-refractivity contribution in [1.82, 2.24) is 37.5 Å². The molecule has 410 valence electrons. The van der Waals surface area contributed by atoms with E-state index in [2.05, 4.69) is 147 Å². The molecule has 0 spiro atoms. The molecule has 24 heteroatoms. The Morgan fingerprint density at radius 1 is 0.526 bits per heavy atom. The fourth-order valence-electron chi connectivity index (χ4n) is 9.49. The number of carbonyl (C=O) groups is 5. The third-order valence-corrected chi connectivity index (χ3v) is 15.3. The van der Waals surface area contributed by atoms with Crippen LogP contribution < -0.4 is 0 Å². The van der Waals surface area contributed by atoms with Crippen LogP contribution in [-0.2, 0) is 79.6 Å². The Morgan fingerprint density at radius 3 is 1.51 bits per heavy atom. The summed E-state index contributed by atoms with van der Waals surface area (Å²) in [5.74, 6) is 0.241. The second kappa shape index (κ2) is 25.0. The molecule has 14 heterocycles. The number of imidazole rings is 4. The first-order valence-corrected chi connectivity index (χ1v) is 28.1. The highest BCUT2D eigenvalue weighted by atomic mass is 79.9. The molecular weight excluding hydrogens is 1270 g/mol. The molecule has 8 aromatic rings. The summed E-state index contributed by atoms with van der Waals surface area (Å²) >= 11 is 13.2. The van der Waals surface area contributed by atoms with Crippen LogP contribution in [0, 0.1) is 6.92 Å². The summed E-state index contributed by atoms with van der Waals surface area (Å²) in [7, 11) is 0. The molecule has 6 aliphatic heterocycles. The van der Waals surface area contributed by atoms with Crippen molar-refractivity contribution >= 4 is 115 Å². The van der Waals surface area contributed by atoms with Crippen molar-refractivity contribution in [2.75, 3.05) is 52.9 Å². The summed E-state index contributed by atoms with van der Waals surface area (Å²) in [5, 5.41) is 10.3. The molecule has 8 aromatic heterocycles. The van der Waals surface area contributed by atoms with Crippen LogP contribution in [0.4, 0.5) is 0 Å². The van der Waals surface area contributed by atoms with Gasteiger partial charge in [-0.2, -0.15) is 0 Å². The number of aryl methyl sites for hydroxylation is 1. The number of nitrogens with zero attached hydrogens (tertiary/aromatic N) is 8. The molecule has 14 rings (SSSR count). The second-order valence-electron chi connectivity index (χ2n) is 19.4. The van der Waals surface area contributed by atoms with Gasteiger partial charge in [0.05, 0.1) is 92.5 Å². The summed E-state index contributed by atoms with van der Waals surface area (Å²) in [6.45, 7) is 12.8. The standard InChI is InChI=1S/C12H14N2O.C11H11BrN2O2.C11H11BrN2O.C10H7BrN2O2.C5H5BrO3.C5H6O3/c1-8-3-4-11-13-10-7-15-6-9(2)12(10)14(11)5-8;1-11(15)6-16-5-8-10(11)14-4-7(12)2-3-9(14)13-8;1-7-5-15-6-9-11(7)14-4-8(12)2-3-10(14)13-9;11-6-1-2-9-12-7-4-15-5-8(14)10(7)13(9)3-6;6-5-3(7)1-9-2-4(5)8;6-4-1-5(7)3-8-2-4/h3-5,9H,6-7H2,1-2H3;2-4,15H,5-6H2,1H3;2-4,7H,5-6H2,1H3;1-3H,4-5H2;5H,1-2H2;1-3H2. The van der Waals surface area contributed by atoms with Crippen LogP contribution >= 0.6 is 63.7 Å². The number of aliphatic hydroxyl groups is 1. The van der Waals surface area contributed by atoms with E-state index in [4.69, 9.17) is 18.9 Å². The number of fused-ring (bicyclic) bond motifs is 12. The zero-order valence-corrected chi connectivity index (χ0v) is 49.2. The largest absolute Gasteiger partial charge is 0.381 e. The quantitative estimate of drug-likeness (QED) is 0.112. The Hall–Kier alpha value is -5.25. The minimum absolute atomic E-state index is 0.0122. The van der Waals surface area contributed by atoms with E-state index in [1.165, 1.54) is 17.0 Å². The minimum Gasteiger partial charge on any atom is -0.381 e. The lowest BCUT2D eigenvalue weighted by Gasteiger charge is -2.28. The second-order valence-corrected chi connectivity index (χ2v) is 23.1. The minimum atomic E-state index is -0.978. The molecule has 78 heavy (non-hydrogen) atoms. The highest BCUT2D eigenvalue weighted by Crippen LogP contribution is 2.32. The van der Waals surface area contributed by atoms with E-state index in [1.54, 1.807) is 6.92 Å². The number of aromatic nitrogens is 8. The molecule has 0 amide bonds. The number of ether oxygens (including phenoxy) is 6. The number of alkyl halides is 1. The first-order valence-electron chi connectivity index (χ1n) is 24.8. The Kier molecular flexibility index (Phi) is 18.4. The average Bonchev–Trinajstić information content (AvgIpc) is 4.18. The van der Waals surface area contributed by atoms with E-state index < -0.39 is 10.4 Å². The molecular formula is C54H54Br4N8O12. The molecule has 3 atom stereocenters. The van der Waals surface area contributed by atoms with Gasteiger partial charge in [-0.3, -0.25) is 32.8 Å². The Bertz CT molecular complexity index is 3460. The van der Waals surface area contributed by atoms with Crippen LogP contribution in [0.3, 0.4) is 0 Å². The number of rotatable bonds is 0. The van der Waals surface area contributed by atoms with E-state index in [-0.39, 0.29) is 68.4 Å². The van der Waals surface area contributed by atoms with Gasteiger partial charge in [0.1, 0.15) is 71.7 Å². The predicted octanol–water partition coefficient (Wildman–Crippen LogP) is 8.11. The molecule has 2 fully saturated rings. The number of carbonyl (C=O) groups excluding carboxylic acids is 5. The maximum Gasteiger partial charge on any atom is 0.207 e. The van der Waals surface area contributed by atoms with Crippen molar-refractivity contribution in [3.8, 4) is 0 Å². The lowest BCUT2D eigenvalue weighted by atomic mass is 10.00. The molecule has 6 aliphatic rings. The van der Waals surface area contributed by atoms with Crippen molar-refractivity contribution < 1.29 is 57.5 Å². The first-order chi connectivity index (χ1) is 37.3. The van der Waals surface area contributed by atoms with E-state index >= 15 is 0 Å². The van der Waals surface area contributed by atoms with Gasteiger partial charge in [0, 0.05) is 50.0 Å². The van der Waals surface area contributed by atoms with Crippen LogP contribution in [0.5, 0.6) is 0 Å².